The third kappa shape index (κ3) is 15.2. The Balaban J connectivity index is 1.35. The van der Waals surface area contributed by atoms with Crippen LogP contribution in [0.2, 0.25) is 0 Å². The Bertz CT molecular complexity index is 1690. The number of nitrogens with zero attached hydrogens (tertiary/aromatic N) is 2. The van der Waals surface area contributed by atoms with Gasteiger partial charge in [0.15, 0.2) is 6.10 Å². The molecule has 1 heterocycles. The first-order chi connectivity index (χ1) is 26.9. The van der Waals surface area contributed by atoms with Crippen LogP contribution in [-0.4, -0.2) is 52.7 Å². The van der Waals surface area contributed by atoms with Crippen molar-refractivity contribution in [1.29, 1.82) is 0 Å². The van der Waals surface area contributed by atoms with Crippen molar-refractivity contribution < 1.29 is 38.1 Å². The van der Waals surface area contributed by atoms with Gasteiger partial charge in [-0.15, -0.1) is 0 Å². The number of rotatable bonds is 25. The van der Waals surface area contributed by atoms with Gasteiger partial charge in [-0.1, -0.05) is 138 Å². The lowest BCUT2D eigenvalue weighted by Gasteiger charge is -2.22. The van der Waals surface area contributed by atoms with Crippen molar-refractivity contribution >= 4 is 23.9 Å². The van der Waals surface area contributed by atoms with Crippen LogP contribution in [-0.2, 0) is 33.4 Å². The molecule has 294 valence electrons. The quantitative estimate of drug-likeness (QED) is 0.0282. The first-order valence-electron chi connectivity index (χ1n) is 19.8. The zero-order chi connectivity index (χ0) is 39.1. The van der Waals surface area contributed by atoms with Crippen LogP contribution in [0.1, 0.15) is 121 Å². The summed E-state index contributed by atoms with van der Waals surface area (Å²) in [5.74, 6) is -1.76. The van der Waals surface area contributed by atoms with E-state index in [1.54, 1.807) is 24.7 Å². The molecule has 0 fully saturated rings. The molecule has 3 aromatic carbocycles. The van der Waals surface area contributed by atoms with Crippen molar-refractivity contribution in [1.82, 2.24) is 9.55 Å². The number of unbranched alkanes of at least 4 members (excludes halogenated alkanes) is 8. The number of hydrogen-bond donors (Lipinski definition) is 0. The summed E-state index contributed by atoms with van der Waals surface area (Å²) >= 11 is 0. The van der Waals surface area contributed by atoms with Gasteiger partial charge < -0.3 is 23.5 Å². The molecule has 0 amide bonds. The topological polar surface area (TPSA) is 123 Å². The smallest absolute Gasteiger partial charge is 0.311 e. The number of esters is 4. The Kier molecular flexibility index (Phi) is 18.7. The molecule has 0 saturated carbocycles. The summed E-state index contributed by atoms with van der Waals surface area (Å²) < 4.78 is 24.2. The first-order valence-corrected chi connectivity index (χ1v) is 19.8. The second kappa shape index (κ2) is 24.2. The van der Waals surface area contributed by atoms with E-state index in [0.29, 0.717) is 18.6 Å². The number of benzene rings is 3. The van der Waals surface area contributed by atoms with Gasteiger partial charge in [-0.05, 0) is 35.6 Å². The molecule has 1 aromatic heterocycles. The van der Waals surface area contributed by atoms with Gasteiger partial charge in [-0.3, -0.25) is 19.2 Å². The molecule has 10 nitrogen and oxygen atoms in total. The second-order valence-corrected chi connectivity index (χ2v) is 13.7. The van der Waals surface area contributed by atoms with Crippen LogP contribution in [0.15, 0.2) is 97.6 Å². The summed E-state index contributed by atoms with van der Waals surface area (Å²) in [6.07, 6.45) is 14.1. The third-order valence-corrected chi connectivity index (χ3v) is 9.25. The van der Waals surface area contributed by atoms with Crippen molar-refractivity contribution in [3.8, 4) is 16.9 Å². The first kappa shape index (κ1) is 42.5. The van der Waals surface area contributed by atoms with Crippen LogP contribution < -0.4 is 4.74 Å². The van der Waals surface area contributed by atoms with Crippen LogP contribution in [0.25, 0.3) is 11.1 Å². The van der Waals surface area contributed by atoms with E-state index in [-0.39, 0.29) is 44.9 Å². The molecule has 0 radical (unpaired) electrons. The van der Waals surface area contributed by atoms with E-state index in [0.717, 1.165) is 73.6 Å². The Labute approximate surface area is 325 Å². The monoisotopic (exact) mass is 752 g/mol. The Morgan fingerprint density at radius 2 is 1.16 bits per heavy atom. The van der Waals surface area contributed by atoms with Crippen LogP contribution in [0, 0.1) is 0 Å². The average molecular weight is 753 g/mol. The van der Waals surface area contributed by atoms with Crippen LogP contribution in [0.4, 0.5) is 0 Å². The zero-order valence-corrected chi connectivity index (χ0v) is 32.4. The Morgan fingerprint density at radius 1 is 0.600 bits per heavy atom. The van der Waals surface area contributed by atoms with Gasteiger partial charge in [0.1, 0.15) is 19.0 Å². The number of aromatic nitrogens is 2. The molecule has 0 aliphatic carbocycles. The lowest BCUT2D eigenvalue weighted by atomic mass is 9.95. The number of ether oxygens (including phenoxy) is 4. The number of hydrogen-bond acceptors (Lipinski definition) is 9. The van der Waals surface area contributed by atoms with E-state index in [9.17, 15) is 19.2 Å². The lowest BCUT2D eigenvalue weighted by molar-refractivity contribution is -0.167. The molecule has 4 aromatic rings. The van der Waals surface area contributed by atoms with Crippen molar-refractivity contribution in [2.45, 2.75) is 116 Å². The SMILES string of the molecule is CCCCCCCC(=O)OCC(COC(=O)CCCCCCC)OC(=O)CCC(=O)Oc1ccccc1C(c1ccc(-c2ccccc2)cc1)n1ccnc1. The van der Waals surface area contributed by atoms with Gasteiger partial charge >= 0.3 is 23.9 Å². The molecule has 55 heavy (non-hydrogen) atoms. The molecular weight excluding hydrogens is 697 g/mol. The molecule has 10 heteroatoms. The van der Waals surface area contributed by atoms with Crippen molar-refractivity contribution in [2.24, 2.45) is 0 Å². The number of para-hydroxylation sites is 1. The maximum absolute atomic E-state index is 13.2. The van der Waals surface area contributed by atoms with Gasteiger partial charge in [-0.25, -0.2) is 4.98 Å². The van der Waals surface area contributed by atoms with E-state index in [4.69, 9.17) is 18.9 Å². The number of imidazole rings is 1. The average Bonchev–Trinajstić information content (AvgIpc) is 3.74. The summed E-state index contributed by atoms with van der Waals surface area (Å²) in [5, 5.41) is 0. The molecule has 1 atom stereocenters. The minimum Gasteiger partial charge on any atom is -0.462 e. The molecule has 4 rings (SSSR count). The second-order valence-electron chi connectivity index (χ2n) is 13.7. The lowest BCUT2D eigenvalue weighted by Crippen LogP contribution is -2.31. The van der Waals surface area contributed by atoms with E-state index >= 15 is 0 Å². The summed E-state index contributed by atoms with van der Waals surface area (Å²) in [6.45, 7) is 3.76. The van der Waals surface area contributed by atoms with Gasteiger partial charge in [0.2, 0.25) is 0 Å². The highest BCUT2D eigenvalue weighted by Crippen LogP contribution is 2.34. The number of carbonyl (C=O) groups is 4. The molecule has 1 unspecified atom stereocenters. The van der Waals surface area contributed by atoms with Gasteiger partial charge in [0, 0.05) is 30.8 Å². The van der Waals surface area contributed by atoms with Gasteiger partial charge in [0.25, 0.3) is 0 Å². The highest BCUT2D eigenvalue weighted by Gasteiger charge is 2.24. The zero-order valence-electron chi connectivity index (χ0n) is 32.4. The highest BCUT2D eigenvalue weighted by molar-refractivity contribution is 5.79. The summed E-state index contributed by atoms with van der Waals surface area (Å²) in [5.41, 5.74) is 3.89. The van der Waals surface area contributed by atoms with Crippen LogP contribution >= 0.6 is 0 Å². The predicted molar refractivity (Wildman–Crippen MR) is 211 cm³/mol. The number of carbonyl (C=O) groups excluding carboxylic acids is 4. The molecule has 0 aliphatic heterocycles. The van der Waals surface area contributed by atoms with Crippen LogP contribution in [0.3, 0.4) is 0 Å². The molecular formula is C45H56N2O8. The Morgan fingerprint density at radius 3 is 1.76 bits per heavy atom. The molecule has 0 spiro atoms. The van der Waals surface area contributed by atoms with Crippen molar-refractivity contribution in [2.75, 3.05) is 13.2 Å². The summed E-state index contributed by atoms with van der Waals surface area (Å²) in [7, 11) is 0. The highest BCUT2D eigenvalue weighted by atomic mass is 16.6. The van der Waals surface area contributed by atoms with E-state index in [2.05, 4.69) is 43.1 Å². The van der Waals surface area contributed by atoms with Gasteiger partial charge in [0.05, 0.1) is 25.2 Å². The molecule has 0 saturated heterocycles. The molecule has 0 bridgehead atoms. The van der Waals surface area contributed by atoms with Crippen molar-refractivity contribution in [3.05, 3.63) is 109 Å². The third-order valence-electron chi connectivity index (χ3n) is 9.25. The van der Waals surface area contributed by atoms with E-state index in [1.807, 2.05) is 53.2 Å². The molecule has 0 aliphatic rings. The maximum Gasteiger partial charge on any atom is 0.311 e. The normalized spacial score (nSPS) is 11.5. The summed E-state index contributed by atoms with van der Waals surface area (Å²) in [4.78, 5) is 55.2. The fourth-order valence-corrected chi connectivity index (χ4v) is 6.22. The van der Waals surface area contributed by atoms with Crippen LogP contribution in [0.5, 0.6) is 5.75 Å². The Hall–Kier alpha value is -5.25. The predicted octanol–water partition coefficient (Wildman–Crippen LogP) is 9.59. The van der Waals surface area contributed by atoms with E-state index in [1.165, 1.54) is 0 Å². The molecule has 0 N–H and O–H groups in total. The fraction of sp³-hybridized carbons (Fsp3) is 0.444. The summed E-state index contributed by atoms with van der Waals surface area (Å²) in [6, 6.07) is 25.3. The maximum atomic E-state index is 13.2. The van der Waals surface area contributed by atoms with Gasteiger partial charge in [-0.2, -0.15) is 0 Å². The minimum absolute atomic E-state index is 0.247. The van der Waals surface area contributed by atoms with E-state index < -0.39 is 30.0 Å². The largest absolute Gasteiger partial charge is 0.462 e. The standard InChI is InChI=1S/C45H56N2O8/c1-3-5-7-9-14-22-41(48)52-32-38(33-53-42(49)23-15-10-8-6-4-2)54-43(50)28-29-44(51)55-40-21-17-16-20-39(40)45(47-31-30-46-34-47)37-26-24-36(25-27-37)35-18-12-11-13-19-35/h11-13,16-21,24-27,30-31,34,38,45H,3-10,14-15,22-23,28-29,32-33H2,1-2H3. The fourth-order valence-electron chi connectivity index (χ4n) is 6.22. The minimum atomic E-state index is -0.999. The van der Waals surface area contributed by atoms with Crippen molar-refractivity contribution in [3.63, 3.8) is 0 Å².